The van der Waals surface area contributed by atoms with Crippen LogP contribution in [0.5, 0.6) is 0 Å². The molecule has 0 amide bonds. The molecular formula is C46H28N2. The van der Waals surface area contributed by atoms with Crippen molar-refractivity contribution in [3.63, 3.8) is 0 Å². The topological polar surface area (TPSA) is 27.0 Å². The van der Waals surface area contributed by atoms with Crippen molar-refractivity contribution < 1.29 is 0 Å². The van der Waals surface area contributed by atoms with Crippen LogP contribution in [0.2, 0.25) is 0 Å². The van der Waals surface area contributed by atoms with Crippen LogP contribution in [0.15, 0.2) is 170 Å². The summed E-state index contributed by atoms with van der Waals surface area (Å²) in [5.74, 6) is 0. The minimum absolute atomic E-state index is 0.424. The molecule has 10 rings (SSSR count). The number of nitrogens with zero attached hydrogens (tertiary/aromatic N) is 2. The Morgan fingerprint density at radius 3 is 1.88 bits per heavy atom. The van der Waals surface area contributed by atoms with E-state index in [2.05, 4.69) is 157 Å². The molecule has 2 aliphatic rings. The Balaban J connectivity index is 1.28. The molecule has 0 aliphatic heterocycles. The minimum Gasteiger partial charge on any atom is -0.310 e. The van der Waals surface area contributed by atoms with Gasteiger partial charge >= 0.3 is 0 Å². The molecule has 0 unspecified atom stereocenters. The molecule has 0 saturated carbocycles. The van der Waals surface area contributed by atoms with Gasteiger partial charge in [0.05, 0.1) is 17.0 Å². The van der Waals surface area contributed by atoms with E-state index in [-0.39, 0.29) is 0 Å². The van der Waals surface area contributed by atoms with E-state index >= 15 is 0 Å². The monoisotopic (exact) mass is 608 g/mol. The first-order valence-electron chi connectivity index (χ1n) is 16.4. The number of hydrogen-bond acceptors (Lipinski definition) is 2. The van der Waals surface area contributed by atoms with Crippen LogP contribution in [-0.4, -0.2) is 0 Å². The summed E-state index contributed by atoms with van der Waals surface area (Å²) in [6, 6.07) is 63.6. The number of para-hydroxylation sites is 1. The minimum atomic E-state index is -0.424. The first kappa shape index (κ1) is 26.8. The molecule has 2 aliphatic carbocycles. The Labute approximate surface area is 279 Å². The van der Waals surface area contributed by atoms with Crippen LogP contribution >= 0.6 is 0 Å². The molecule has 0 N–H and O–H groups in total. The maximum absolute atomic E-state index is 9.73. The summed E-state index contributed by atoms with van der Waals surface area (Å²) in [5, 5.41) is 14.7. The van der Waals surface area contributed by atoms with E-state index in [0.29, 0.717) is 5.56 Å². The largest absolute Gasteiger partial charge is 0.310 e. The van der Waals surface area contributed by atoms with Crippen LogP contribution in [-0.2, 0) is 5.41 Å². The van der Waals surface area contributed by atoms with E-state index < -0.39 is 5.41 Å². The maximum atomic E-state index is 9.73. The molecule has 0 atom stereocenters. The predicted octanol–water partition coefficient (Wildman–Crippen LogP) is 11.7. The number of nitriles is 1. The molecule has 0 saturated heterocycles. The van der Waals surface area contributed by atoms with Gasteiger partial charge in [-0.3, -0.25) is 0 Å². The van der Waals surface area contributed by atoms with E-state index in [1.807, 2.05) is 24.3 Å². The maximum Gasteiger partial charge on any atom is 0.0992 e. The van der Waals surface area contributed by atoms with E-state index in [4.69, 9.17) is 0 Å². The lowest BCUT2D eigenvalue weighted by Crippen LogP contribution is -2.25. The number of hydrogen-bond donors (Lipinski definition) is 0. The van der Waals surface area contributed by atoms with Crippen molar-refractivity contribution in [2.24, 2.45) is 0 Å². The molecule has 8 aromatic carbocycles. The highest BCUT2D eigenvalue weighted by molar-refractivity contribution is 6.08. The highest BCUT2D eigenvalue weighted by Crippen LogP contribution is 2.64. The van der Waals surface area contributed by atoms with Crippen molar-refractivity contribution >= 4 is 38.6 Å². The lowest BCUT2D eigenvalue weighted by atomic mass is 9.70. The predicted molar refractivity (Wildman–Crippen MR) is 197 cm³/mol. The first-order chi connectivity index (χ1) is 23.8. The van der Waals surface area contributed by atoms with Crippen LogP contribution < -0.4 is 4.90 Å². The first-order valence-corrected chi connectivity index (χ1v) is 16.4. The highest BCUT2D eigenvalue weighted by Gasteiger charge is 2.52. The van der Waals surface area contributed by atoms with Gasteiger partial charge in [0, 0.05) is 17.1 Å². The van der Waals surface area contributed by atoms with Crippen LogP contribution in [0, 0.1) is 11.3 Å². The fraction of sp³-hybridized carbons (Fsp3) is 0.0217. The standard InChI is InChI=1S/C46H28N2/c47-29-30-11-10-15-35(25-30)48(34-13-2-1-3-14-34)36-23-21-32-27-40-44(28-33(32)26-36)46(43-24-22-31-12-4-5-16-37(31)45(40)43)41-19-8-6-17-38(41)39-18-7-9-20-42(39)46/h1-28H. The average Bonchev–Trinajstić information content (AvgIpc) is 3.61. The molecular weight excluding hydrogens is 581 g/mol. The molecule has 8 aromatic rings. The zero-order valence-electron chi connectivity index (χ0n) is 26.1. The summed E-state index contributed by atoms with van der Waals surface area (Å²) < 4.78 is 0. The van der Waals surface area contributed by atoms with Gasteiger partial charge in [-0.15, -0.1) is 0 Å². The average molecular weight is 609 g/mol. The smallest absolute Gasteiger partial charge is 0.0992 e. The van der Waals surface area contributed by atoms with E-state index in [1.165, 1.54) is 66.1 Å². The van der Waals surface area contributed by atoms with Gasteiger partial charge in [-0.05, 0) is 121 Å². The lowest BCUT2D eigenvalue weighted by Gasteiger charge is -2.31. The fourth-order valence-corrected chi connectivity index (χ4v) is 8.51. The highest BCUT2D eigenvalue weighted by atomic mass is 15.1. The van der Waals surface area contributed by atoms with Crippen molar-refractivity contribution in [3.8, 4) is 28.3 Å². The molecule has 0 heterocycles. The molecule has 48 heavy (non-hydrogen) atoms. The molecule has 0 fully saturated rings. The van der Waals surface area contributed by atoms with Crippen molar-refractivity contribution in [1.82, 2.24) is 0 Å². The number of anilines is 3. The Hall–Kier alpha value is -6.43. The fourth-order valence-electron chi connectivity index (χ4n) is 8.51. The molecule has 2 heteroatoms. The van der Waals surface area contributed by atoms with Crippen LogP contribution in [0.3, 0.4) is 0 Å². The molecule has 0 radical (unpaired) electrons. The summed E-state index contributed by atoms with van der Waals surface area (Å²) in [6.45, 7) is 0. The normalized spacial score (nSPS) is 13.1. The summed E-state index contributed by atoms with van der Waals surface area (Å²) >= 11 is 0. The Morgan fingerprint density at radius 1 is 0.417 bits per heavy atom. The van der Waals surface area contributed by atoms with E-state index in [1.54, 1.807) is 0 Å². The van der Waals surface area contributed by atoms with Gasteiger partial charge < -0.3 is 4.90 Å². The van der Waals surface area contributed by atoms with Crippen LogP contribution in [0.4, 0.5) is 17.1 Å². The second-order valence-electron chi connectivity index (χ2n) is 12.8. The Bertz CT molecular complexity index is 2600. The lowest BCUT2D eigenvalue weighted by molar-refractivity contribution is 0.795. The number of rotatable bonds is 3. The second-order valence-corrected chi connectivity index (χ2v) is 12.8. The third kappa shape index (κ3) is 3.56. The summed E-state index contributed by atoms with van der Waals surface area (Å²) in [7, 11) is 0. The van der Waals surface area contributed by atoms with Gasteiger partial charge in [-0.1, -0.05) is 115 Å². The Morgan fingerprint density at radius 2 is 1.08 bits per heavy atom. The summed E-state index contributed by atoms with van der Waals surface area (Å²) in [6.07, 6.45) is 0. The van der Waals surface area contributed by atoms with Gasteiger partial charge in [0.25, 0.3) is 0 Å². The SMILES string of the molecule is N#Cc1cccc(N(c2ccccc2)c2ccc3cc4c(cc3c2)C2(c3ccccc3-c3ccccc32)c2ccc3ccccc3c2-4)c1. The van der Waals surface area contributed by atoms with Crippen molar-refractivity contribution in [2.75, 3.05) is 4.90 Å². The zero-order valence-corrected chi connectivity index (χ0v) is 26.1. The van der Waals surface area contributed by atoms with E-state index in [9.17, 15) is 5.26 Å². The van der Waals surface area contributed by atoms with Gasteiger partial charge in [0.15, 0.2) is 0 Å². The molecule has 0 bridgehead atoms. The van der Waals surface area contributed by atoms with Gasteiger partial charge in [-0.25, -0.2) is 0 Å². The molecule has 222 valence electrons. The second kappa shape index (κ2) is 10.0. The van der Waals surface area contributed by atoms with Crippen LogP contribution in [0.25, 0.3) is 43.8 Å². The third-order valence-corrected chi connectivity index (χ3v) is 10.4. The van der Waals surface area contributed by atoms with Gasteiger partial charge in [-0.2, -0.15) is 5.26 Å². The summed E-state index contributed by atoms with van der Waals surface area (Å²) in [5.41, 5.74) is 13.9. The van der Waals surface area contributed by atoms with E-state index in [0.717, 1.165) is 17.1 Å². The van der Waals surface area contributed by atoms with Crippen molar-refractivity contribution in [1.29, 1.82) is 5.26 Å². The number of fused-ring (bicyclic) bond motifs is 13. The van der Waals surface area contributed by atoms with Crippen molar-refractivity contribution in [3.05, 3.63) is 198 Å². The third-order valence-electron chi connectivity index (χ3n) is 10.4. The molecule has 0 aromatic heterocycles. The molecule has 1 spiro atoms. The Kier molecular flexibility index (Phi) is 5.59. The quantitative estimate of drug-likeness (QED) is 0.199. The van der Waals surface area contributed by atoms with Crippen molar-refractivity contribution in [2.45, 2.75) is 5.41 Å². The van der Waals surface area contributed by atoms with Gasteiger partial charge in [0.1, 0.15) is 0 Å². The number of benzene rings is 8. The summed E-state index contributed by atoms with van der Waals surface area (Å²) in [4.78, 5) is 2.24. The van der Waals surface area contributed by atoms with Crippen LogP contribution in [0.1, 0.15) is 27.8 Å². The molecule has 2 nitrogen and oxygen atoms in total. The zero-order chi connectivity index (χ0) is 31.8. The van der Waals surface area contributed by atoms with Gasteiger partial charge in [0.2, 0.25) is 0 Å².